The molecule has 0 amide bonds. The first kappa shape index (κ1) is 14.0. The molecule has 112 valence electrons. The first-order chi connectivity index (χ1) is 9.72. The molecule has 1 saturated heterocycles. The number of aryl methyl sites for hydroxylation is 1. The molecule has 2 unspecified atom stereocenters. The van der Waals surface area contributed by atoms with Crippen LogP contribution in [0.1, 0.15) is 56.7 Å². The van der Waals surface area contributed by atoms with Crippen LogP contribution in [0.2, 0.25) is 0 Å². The van der Waals surface area contributed by atoms with Gasteiger partial charge in [-0.15, -0.1) is 5.10 Å². The molecule has 3 N–H and O–H groups in total. The van der Waals surface area contributed by atoms with Crippen LogP contribution < -0.4 is 11.3 Å². The third kappa shape index (κ3) is 2.73. The largest absolute Gasteiger partial charge is 0.375 e. The van der Waals surface area contributed by atoms with Gasteiger partial charge in [-0.3, -0.25) is 16.0 Å². The quantitative estimate of drug-likeness (QED) is 0.647. The van der Waals surface area contributed by atoms with Crippen LogP contribution in [-0.4, -0.2) is 27.2 Å². The van der Waals surface area contributed by atoms with E-state index < -0.39 is 0 Å². The molecular formula is C14H25N5O. The summed E-state index contributed by atoms with van der Waals surface area (Å²) < 4.78 is 7.89. The zero-order valence-corrected chi connectivity index (χ0v) is 12.2. The molecule has 2 atom stereocenters. The van der Waals surface area contributed by atoms with E-state index in [4.69, 9.17) is 10.6 Å². The van der Waals surface area contributed by atoms with Crippen LogP contribution in [0.4, 0.5) is 0 Å². The van der Waals surface area contributed by atoms with Crippen LogP contribution in [0.3, 0.4) is 0 Å². The van der Waals surface area contributed by atoms with Crippen molar-refractivity contribution >= 4 is 0 Å². The maximum absolute atomic E-state index is 6.16. The summed E-state index contributed by atoms with van der Waals surface area (Å²) in [5, 5.41) is 8.25. The van der Waals surface area contributed by atoms with Crippen molar-refractivity contribution in [2.45, 2.75) is 56.6 Å². The van der Waals surface area contributed by atoms with Crippen LogP contribution in [0.15, 0.2) is 6.20 Å². The molecule has 2 heterocycles. The van der Waals surface area contributed by atoms with Gasteiger partial charge in [0, 0.05) is 19.9 Å². The van der Waals surface area contributed by atoms with Gasteiger partial charge in [0.05, 0.1) is 11.6 Å². The summed E-state index contributed by atoms with van der Waals surface area (Å²) in [5.41, 5.74) is 3.99. The van der Waals surface area contributed by atoms with Gasteiger partial charge in [-0.05, 0) is 31.6 Å². The van der Waals surface area contributed by atoms with Crippen molar-refractivity contribution in [3.05, 3.63) is 11.9 Å². The van der Waals surface area contributed by atoms with Crippen LogP contribution in [0, 0.1) is 5.92 Å². The molecule has 2 aliphatic rings. The van der Waals surface area contributed by atoms with Crippen LogP contribution in [-0.2, 0) is 11.8 Å². The lowest BCUT2D eigenvalue weighted by Crippen LogP contribution is -2.46. The number of aromatic nitrogens is 3. The monoisotopic (exact) mass is 279 g/mol. The second-order valence-corrected chi connectivity index (χ2v) is 6.31. The third-order valence-corrected chi connectivity index (χ3v) is 4.89. The summed E-state index contributed by atoms with van der Waals surface area (Å²) in [6, 6.07) is 0.0754. The minimum Gasteiger partial charge on any atom is -0.375 e. The predicted molar refractivity (Wildman–Crippen MR) is 75.6 cm³/mol. The SMILES string of the molecule is Cn1cc(C(NN)C2CCOC3(CCCCC3)C2)nn1. The molecule has 0 aromatic carbocycles. The molecule has 1 saturated carbocycles. The molecule has 0 bridgehead atoms. The highest BCUT2D eigenvalue weighted by Gasteiger charge is 2.41. The highest BCUT2D eigenvalue weighted by Crippen LogP contribution is 2.43. The Bertz CT molecular complexity index is 435. The molecule has 6 heteroatoms. The molecule has 0 radical (unpaired) electrons. The second-order valence-electron chi connectivity index (χ2n) is 6.31. The summed E-state index contributed by atoms with van der Waals surface area (Å²) in [5.74, 6) is 6.27. The summed E-state index contributed by atoms with van der Waals surface area (Å²) in [7, 11) is 1.89. The average Bonchev–Trinajstić information content (AvgIpc) is 2.87. The number of hydrogen-bond acceptors (Lipinski definition) is 5. The molecule has 6 nitrogen and oxygen atoms in total. The van der Waals surface area contributed by atoms with Crippen molar-refractivity contribution < 1.29 is 4.74 Å². The van der Waals surface area contributed by atoms with E-state index in [2.05, 4.69) is 15.7 Å². The Labute approximate surface area is 120 Å². The van der Waals surface area contributed by atoms with E-state index in [1.807, 2.05) is 13.2 Å². The summed E-state index contributed by atoms with van der Waals surface area (Å²) in [6.45, 7) is 0.836. The lowest BCUT2D eigenvalue weighted by atomic mass is 9.74. The Balaban J connectivity index is 1.74. The fraction of sp³-hybridized carbons (Fsp3) is 0.857. The summed E-state index contributed by atoms with van der Waals surface area (Å²) >= 11 is 0. The van der Waals surface area contributed by atoms with E-state index in [1.165, 1.54) is 32.1 Å². The normalized spacial score (nSPS) is 27.6. The Hall–Kier alpha value is -0.980. The number of hydrazine groups is 1. The molecule has 1 spiro atoms. The van der Waals surface area contributed by atoms with Gasteiger partial charge in [0.1, 0.15) is 5.69 Å². The number of nitrogens with one attached hydrogen (secondary N) is 1. The Morgan fingerprint density at radius 3 is 2.90 bits per heavy atom. The van der Waals surface area contributed by atoms with Gasteiger partial charge < -0.3 is 4.74 Å². The van der Waals surface area contributed by atoms with Crippen molar-refractivity contribution in [3.8, 4) is 0 Å². The van der Waals surface area contributed by atoms with E-state index >= 15 is 0 Å². The van der Waals surface area contributed by atoms with Gasteiger partial charge in [-0.1, -0.05) is 24.5 Å². The maximum Gasteiger partial charge on any atom is 0.101 e. The standard InChI is InChI=1S/C14H25N5O/c1-19-10-12(17-18-19)13(16-15)11-5-8-20-14(9-11)6-3-2-4-7-14/h10-11,13,16H,2-9,15H2,1H3. The third-order valence-electron chi connectivity index (χ3n) is 4.89. The molecule has 1 aromatic heterocycles. The van der Waals surface area contributed by atoms with Crippen molar-refractivity contribution in [3.63, 3.8) is 0 Å². The zero-order valence-electron chi connectivity index (χ0n) is 12.2. The molecular weight excluding hydrogens is 254 g/mol. The van der Waals surface area contributed by atoms with Crippen molar-refractivity contribution in [1.29, 1.82) is 0 Å². The molecule has 1 aliphatic heterocycles. The highest BCUT2D eigenvalue weighted by atomic mass is 16.5. The van der Waals surface area contributed by atoms with E-state index in [0.29, 0.717) is 5.92 Å². The fourth-order valence-corrected chi connectivity index (χ4v) is 3.87. The molecule has 3 rings (SSSR count). The van der Waals surface area contributed by atoms with Gasteiger partial charge in [0.25, 0.3) is 0 Å². The summed E-state index contributed by atoms with van der Waals surface area (Å²) in [4.78, 5) is 0. The number of hydrogen-bond donors (Lipinski definition) is 2. The van der Waals surface area contributed by atoms with E-state index in [0.717, 1.165) is 25.1 Å². The smallest absolute Gasteiger partial charge is 0.101 e. The summed E-state index contributed by atoms with van der Waals surface area (Å²) in [6.07, 6.45) is 10.4. The number of nitrogens with two attached hydrogens (primary N) is 1. The highest BCUT2D eigenvalue weighted by molar-refractivity contribution is 5.05. The Morgan fingerprint density at radius 1 is 1.45 bits per heavy atom. The van der Waals surface area contributed by atoms with Gasteiger partial charge in [-0.2, -0.15) is 0 Å². The lowest BCUT2D eigenvalue weighted by Gasteiger charge is -2.45. The molecule has 2 fully saturated rings. The van der Waals surface area contributed by atoms with Gasteiger partial charge in [0.2, 0.25) is 0 Å². The molecule has 20 heavy (non-hydrogen) atoms. The fourth-order valence-electron chi connectivity index (χ4n) is 3.87. The minimum absolute atomic E-state index is 0.0754. The van der Waals surface area contributed by atoms with Crippen LogP contribution >= 0.6 is 0 Å². The van der Waals surface area contributed by atoms with Gasteiger partial charge in [0.15, 0.2) is 0 Å². The van der Waals surface area contributed by atoms with Crippen LogP contribution in [0.25, 0.3) is 0 Å². The first-order valence-electron chi connectivity index (χ1n) is 7.69. The first-order valence-corrected chi connectivity index (χ1v) is 7.69. The molecule has 1 aromatic rings. The Kier molecular flexibility index (Phi) is 4.05. The van der Waals surface area contributed by atoms with Crippen LogP contribution in [0.5, 0.6) is 0 Å². The van der Waals surface area contributed by atoms with E-state index in [9.17, 15) is 0 Å². The lowest BCUT2D eigenvalue weighted by molar-refractivity contribution is -0.122. The Morgan fingerprint density at radius 2 is 2.25 bits per heavy atom. The maximum atomic E-state index is 6.16. The predicted octanol–water partition coefficient (Wildman–Crippen LogP) is 1.45. The van der Waals surface area contributed by atoms with Gasteiger partial charge >= 0.3 is 0 Å². The average molecular weight is 279 g/mol. The van der Waals surface area contributed by atoms with E-state index in [1.54, 1.807) is 4.68 Å². The number of rotatable bonds is 3. The minimum atomic E-state index is 0.0754. The van der Waals surface area contributed by atoms with E-state index in [-0.39, 0.29) is 11.6 Å². The van der Waals surface area contributed by atoms with Gasteiger partial charge in [-0.25, -0.2) is 0 Å². The number of nitrogens with zero attached hydrogens (tertiary/aromatic N) is 3. The number of ether oxygens (including phenoxy) is 1. The van der Waals surface area contributed by atoms with Crippen molar-refractivity contribution in [2.24, 2.45) is 18.8 Å². The second kappa shape index (κ2) is 5.79. The zero-order chi connectivity index (χ0) is 14.0. The topological polar surface area (TPSA) is 78.0 Å². The van der Waals surface area contributed by atoms with Crippen molar-refractivity contribution in [1.82, 2.24) is 20.4 Å². The molecule has 1 aliphatic carbocycles. The van der Waals surface area contributed by atoms with Crippen molar-refractivity contribution in [2.75, 3.05) is 6.61 Å².